The van der Waals surface area contributed by atoms with Gasteiger partial charge in [-0.2, -0.15) is 0 Å². The lowest BCUT2D eigenvalue weighted by Crippen LogP contribution is -2.42. The molecule has 1 aromatic rings. The van der Waals surface area contributed by atoms with Crippen LogP contribution in [0.4, 0.5) is 0 Å². The lowest BCUT2D eigenvalue weighted by atomic mass is 9.95. The van der Waals surface area contributed by atoms with Crippen molar-refractivity contribution < 1.29 is 9.53 Å². The van der Waals surface area contributed by atoms with E-state index < -0.39 is 0 Å². The van der Waals surface area contributed by atoms with Gasteiger partial charge in [0.25, 0.3) is 0 Å². The first-order valence-electron chi connectivity index (χ1n) is 7.05. The van der Waals surface area contributed by atoms with Crippen LogP contribution in [0.1, 0.15) is 12.0 Å². The first-order valence-corrected chi connectivity index (χ1v) is 7.05. The van der Waals surface area contributed by atoms with Crippen LogP contribution in [0.3, 0.4) is 0 Å². The molecule has 2 aliphatic rings. The second kappa shape index (κ2) is 5.61. The molecule has 4 heteroatoms. The third-order valence-corrected chi connectivity index (χ3v) is 3.88. The van der Waals surface area contributed by atoms with E-state index in [9.17, 15) is 4.79 Å². The Labute approximate surface area is 113 Å². The van der Waals surface area contributed by atoms with Crippen molar-refractivity contribution in [1.82, 2.24) is 10.2 Å². The Hall–Kier alpha value is -1.55. The van der Waals surface area contributed by atoms with Gasteiger partial charge < -0.3 is 15.0 Å². The highest BCUT2D eigenvalue weighted by molar-refractivity contribution is 5.79. The highest BCUT2D eigenvalue weighted by atomic mass is 16.5. The number of hydrogen-bond donors (Lipinski definition) is 1. The van der Waals surface area contributed by atoms with Crippen LogP contribution in [0, 0.1) is 5.92 Å². The number of rotatable bonds is 1. The minimum Gasteiger partial charge on any atom is -0.492 e. The molecule has 0 radical (unpaired) electrons. The maximum absolute atomic E-state index is 12.5. The van der Waals surface area contributed by atoms with Crippen molar-refractivity contribution in [2.24, 2.45) is 5.92 Å². The number of carbonyl (C=O) groups is 1. The zero-order chi connectivity index (χ0) is 13.1. The normalized spacial score (nSPS) is 23.2. The van der Waals surface area contributed by atoms with E-state index in [1.54, 1.807) is 0 Å². The summed E-state index contributed by atoms with van der Waals surface area (Å²) in [4.78, 5) is 14.5. The fraction of sp³-hybridized carbons (Fsp3) is 0.533. The summed E-state index contributed by atoms with van der Waals surface area (Å²) in [7, 11) is 0. The molecular weight excluding hydrogens is 240 g/mol. The second-order valence-corrected chi connectivity index (χ2v) is 5.25. The van der Waals surface area contributed by atoms with E-state index in [2.05, 4.69) is 11.4 Å². The third-order valence-electron chi connectivity index (χ3n) is 3.88. The van der Waals surface area contributed by atoms with Crippen molar-refractivity contribution in [3.8, 4) is 5.75 Å². The van der Waals surface area contributed by atoms with Crippen LogP contribution < -0.4 is 10.1 Å². The van der Waals surface area contributed by atoms with Gasteiger partial charge in [0.05, 0.1) is 5.92 Å². The predicted octanol–water partition coefficient (Wildman–Crippen LogP) is 1.06. The largest absolute Gasteiger partial charge is 0.492 e. The summed E-state index contributed by atoms with van der Waals surface area (Å²) in [6.07, 6.45) is 1.84. The molecular formula is C15H20N2O2. The van der Waals surface area contributed by atoms with E-state index in [0.717, 1.165) is 50.3 Å². The molecule has 4 nitrogen and oxygen atoms in total. The van der Waals surface area contributed by atoms with Crippen LogP contribution in [-0.4, -0.2) is 43.6 Å². The summed E-state index contributed by atoms with van der Waals surface area (Å²) in [5.74, 6) is 1.16. The number of nitrogens with zero attached hydrogens (tertiary/aromatic N) is 1. The van der Waals surface area contributed by atoms with Gasteiger partial charge in [-0.25, -0.2) is 0 Å². The SMILES string of the molecule is O=C(C1COc2ccccc2C1)N1CCCNCC1. The second-order valence-electron chi connectivity index (χ2n) is 5.25. The van der Waals surface area contributed by atoms with E-state index in [1.165, 1.54) is 0 Å². The topological polar surface area (TPSA) is 41.6 Å². The molecule has 2 heterocycles. The monoisotopic (exact) mass is 260 g/mol. The summed E-state index contributed by atoms with van der Waals surface area (Å²) in [5.41, 5.74) is 1.15. The Bertz CT molecular complexity index is 453. The molecule has 1 aromatic carbocycles. The fourth-order valence-electron chi connectivity index (χ4n) is 2.81. The lowest BCUT2D eigenvalue weighted by molar-refractivity contribution is -0.136. The molecule has 1 amide bonds. The average Bonchev–Trinajstić information content (AvgIpc) is 2.75. The molecule has 1 fully saturated rings. The Morgan fingerprint density at radius 2 is 2.16 bits per heavy atom. The number of carbonyl (C=O) groups excluding carboxylic acids is 1. The maximum atomic E-state index is 12.5. The Morgan fingerprint density at radius 3 is 3.11 bits per heavy atom. The molecule has 0 aliphatic carbocycles. The van der Waals surface area contributed by atoms with E-state index in [1.807, 2.05) is 23.1 Å². The average molecular weight is 260 g/mol. The number of benzene rings is 1. The molecule has 102 valence electrons. The van der Waals surface area contributed by atoms with Gasteiger partial charge in [0.1, 0.15) is 12.4 Å². The van der Waals surface area contributed by atoms with Gasteiger partial charge in [0.15, 0.2) is 0 Å². The van der Waals surface area contributed by atoms with Crippen LogP contribution in [0.15, 0.2) is 24.3 Å². The van der Waals surface area contributed by atoms with Crippen LogP contribution in [0.2, 0.25) is 0 Å². The fourth-order valence-corrected chi connectivity index (χ4v) is 2.81. The molecule has 2 aliphatic heterocycles. The summed E-state index contributed by atoms with van der Waals surface area (Å²) >= 11 is 0. The zero-order valence-electron chi connectivity index (χ0n) is 11.1. The Balaban J connectivity index is 1.68. The standard InChI is InChI=1S/C15H20N2O2/c18-15(17-8-3-6-16-7-9-17)13-10-12-4-1-2-5-14(12)19-11-13/h1-2,4-5,13,16H,3,6-11H2. The Kier molecular flexibility index (Phi) is 3.69. The van der Waals surface area contributed by atoms with Gasteiger partial charge >= 0.3 is 0 Å². The van der Waals surface area contributed by atoms with Crippen molar-refractivity contribution in [3.63, 3.8) is 0 Å². The molecule has 0 bridgehead atoms. The van der Waals surface area contributed by atoms with Gasteiger partial charge in [-0.1, -0.05) is 18.2 Å². The van der Waals surface area contributed by atoms with Crippen molar-refractivity contribution in [1.29, 1.82) is 0 Å². The molecule has 1 unspecified atom stereocenters. The lowest BCUT2D eigenvalue weighted by Gasteiger charge is -2.29. The van der Waals surface area contributed by atoms with E-state index in [0.29, 0.717) is 6.61 Å². The quantitative estimate of drug-likeness (QED) is 0.821. The molecule has 1 atom stereocenters. The minimum atomic E-state index is -0.0204. The smallest absolute Gasteiger partial charge is 0.229 e. The number of fused-ring (bicyclic) bond motifs is 1. The number of hydrogen-bond acceptors (Lipinski definition) is 3. The Morgan fingerprint density at radius 1 is 1.26 bits per heavy atom. The molecule has 1 N–H and O–H groups in total. The zero-order valence-corrected chi connectivity index (χ0v) is 11.1. The molecule has 0 saturated carbocycles. The predicted molar refractivity (Wildman–Crippen MR) is 73.2 cm³/mol. The summed E-state index contributed by atoms with van der Waals surface area (Å²) in [6.45, 7) is 4.10. The van der Waals surface area contributed by atoms with Crippen LogP contribution >= 0.6 is 0 Å². The van der Waals surface area contributed by atoms with E-state index >= 15 is 0 Å². The highest BCUT2D eigenvalue weighted by Crippen LogP contribution is 2.27. The van der Waals surface area contributed by atoms with E-state index in [4.69, 9.17) is 4.74 Å². The number of amides is 1. The highest BCUT2D eigenvalue weighted by Gasteiger charge is 2.29. The van der Waals surface area contributed by atoms with Crippen molar-refractivity contribution in [2.45, 2.75) is 12.8 Å². The van der Waals surface area contributed by atoms with Crippen LogP contribution in [0.25, 0.3) is 0 Å². The van der Waals surface area contributed by atoms with Gasteiger partial charge in [-0.05, 0) is 31.0 Å². The third kappa shape index (κ3) is 2.73. The minimum absolute atomic E-state index is 0.0204. The number of nitrogens with one attached hydrogen (secondary N) is 1. The van der Waals surface area contributed by atoms with Gasteiger partial charge in [0.2, 0.25) is 5.91 Å². The maximum Gasteiger partial charge on any atom is 0.229 e. The number of ether oxygens (including phenoxy) is 1. The first kappa shape index (κ1) is 12.5. The molecule has 0 spiro atoms. The van der Waals surface area contributed by atoms with E-state index in [-0.39, 0.29) is 11.8 Å². The molecule has 19 heavy (non-hydrogen) atoms. The molecule has 1 saturated heterocycles. The summed E-state index contributed by atoms with van der Waals surface area (Å²) < 4.78 is 5.72. The van der Waals surface area contributed by atoms with Crippen LogP contribution in [0.5, 0.6) is 5.75 Å². The summed E-state index contributed by atoms with van der Waals surface area (Å²) in [6, 6.07) is 8.01. The summed E-state index contributed by atoms with van der Waals surface area (Å²) in [5, 5.41) is 3.33. The molecule has 3 rings (SSSR count). The van der Waals surface area contributed by atoms with Crippen molar-refractivity contribution in [3.05, 3.63) is 29.8 Å². The van der Waals surface area contributed by atoms with Gasteiger partial charge in [-0.3, -0.25) is 4.79 Å². The van der Waals surface area contributed by atoms with Crippen molar-refractivity contribution >= 4 is 5.91 Å². The van der Waals surface area contributed by atoms with Gasteiger partial charge in [0, 0.05) is 19.6 Å². The first-order chi connectivity index (χ1) is 9.34. The molecule has 0 aromatic heterocycles. The van der Waals surface area contributed by atoms with Gasteiger partial charge in [-0.15, -0.1) is 0 Å². The number of para-hydroxylation sites is 1. The van der Waals surface area contributed by atoms with Crippen LogP contribution in [-0.2, 0) is 11.2 Å². The van der Waals surface area contributed by atoms with Crippen molar-refractivity contribution in [2.75, 3.05) is 32.8 Å².